The van der Waals surface area contributed by atoms with Gasteiger partial charge in [0.15, 0.2) is 14.8 Å². The fraction of sp³-hybridized carbons (Fsp3) is 0.500. The van der Waals surface area contributed by atoms with Gasteiger partial charge in [0.05, 0.1) is 11.1 Å². The number of imide groups is 1. The zero-order valence-electron chi connectivity index (χ0n) is 21.1. The highest BCUT2D eigenvalue weighted by Gasteiger charge is 2.53. The van der Waals surface area contributed by atoms with Gasteiger partial charge in [0.25, 0.3) is 11.8 Å². The lowest BCUT2D eigenvalue weighted by Crippen LogP contribution is -2.52. The largest absolute Gasteiger partial charge is 0.445 e. The zero-order chi connectivity index (χ0) is 25.3. The van der Waals surface area contributed by atoms with E-state index in [1.54, 1.807) is 35.2 Å². The lowest BCUT2D eigenvalue weighted by Gasteiger charge is -2.40. The van der Waals surface area contributed by atoms with Crippen LogP contribution in [0.5, 0.6) is 0 Å². The molecule has 7 nitrogen and oxygen atoms in total. The molecule has 3 amide bonds. The standard InChI is InChI=1S/C26H36N2O5Si/c1-8-15-32-24(31)28-17-19(25(3,4)5)16-26(28,33-34(6)7)18(2)13-14-27-22(29)20-11-9-10-12-21(20)23(27)30/h8-13,19,34H,1,14-17H2,2-7H3/t19-,26-/m0/s1. The fourth-order valence-electron chi connectivity index (χ4n) is 4.65. The van der Waals surface area contributed by atoms with Crippen molar-refractivity contribution >= 4 is 26.9 Å². The quantitative estimate of drug-likeness (QED) is 0.321. The first kappa shape index (κ1) is 25.9. The molecule has 0 unspecified atom stereocenters. The van der Waals surface area contributed by atoms with Crippen molar-refractivity contribution in [3.63, 3.8) is 0 Å². The predicted octanol–water partition coefficient (Wildman–Crippen LogP) is 4.62. The normalized spacial score (nSPS) is 23.0. The second kappa shape index (κ2) is 9.88. The summed E-state index contributed by atoms with van der Waals surface area (Å²) >= 11 is 0. The van der Waals surface area contributed by atoms with Crippen LogP contribution < -0.4 is 0 Å². The van der Waals surface area contributed by atoms with Crippen LogP contribution in [0.2, 0.25) is 13.1 Å². The van der Waals surface area contributed by atoms with Crippen molar-refractivity contribution in [3.8, 4) is 0 Å². The van der Waals surface area contributed by atoms with Crippen molar-refractivity contribution in [1.82, 2.24) is 9.80 Å². The van der Waals surface area contributed by atoms with Gasteiger partial charge in [-0.3, -0.25) is 19.4 Å². The van der Waals surface area contributed by atoms with E-state index >= 15 is 0 Å². The number of amides is 3. The molecule has 0 radical (unpaired) electrons. The number of hydrogen-bond acceptors (Lipinski definition) is 5. The smallest absolute Gasteiger partial charge is 0.412 e. The second-order valence-electron chi connectivity index (χ2n) is 10.3. The van der Waals surface area contributed by atoms with Crippen molar-refractivity contribution in [2.45, 2.75) is 52.9 Å². The van der Waals surface area contributed by atoms with Crippen LogP contribution in [-0.2, 0) is 9.16 Å². The second-order valence-corrected chi connectivity index (χ2v) is 12.7. The Kier molecular flexibility index (Phi) is 7.52. The fourth-order valence-corrected chi connectivity index (χ4v) is 5.84. The molecule has 1 fully saturated rings. The summed E-state index contributed by atoms with van der Waals surface area (Å²) < 4.78 is 12.0. The maximum atomic E-state index is 13.1. The summed E-state index contributed by atoms with van der Waals surface area (Å²) in [5, 5.41) is 0. The van der Waals surface area contributed by atoms with E-state index in [9.17, 15) is 14.4 Å². The van der Waals surface area contributed by atoms with E-state index in [2.05, 4.69) is 40.4 Å². The Bertz CT molecular complexity index is 978. The molecule has 8 heteroatoms. The van der Waals surface area contributed by atoms with Gasteiger partial charge in [-0.15, -0.1) is 0 Å². The molecule has 184 valence electrons. The Balaban J connectivity index is 1.96. The van der Waals surface area contributed by atoms with Gasteiger partial charge < -0.3 is 9.16 Å². The number of nitrogens with zero attached hydrogens (tertiary/aromatic N) is 2. The van der Waals surface area contributed by atoms with E-state index in [0.717, 1.165) is 5.57 Å². The summed E-state index contributed by atoms with van der Waals surface area (Å²) in [5.74, 6) is -0.433. The minimum atomic E-state index is -1.62. The van der Waals surface area contributed by atoms with E-state index in [1.165, 1.54) is 4.90 Å². The number of carbonyl (C=O) groups excluding carboxylic acids is 3. The number of fused-ring (bicyclic) bond motifs is 1. The third kappa shape index (κ3) is 4.88. The van der Waals surface area contributed by atoms with Gasteiger partial charge in [0.1, 0.15) is 6.61 Å². The molecule has 2 aliphatic heterocycles. The first-order chi connectivity index (χ1) is 15.9. The van der Waals surface area contributed by atoms with Gasteiger partial charge in [-0.25, -0.2) is 4.79 Å². The predicted molar refractivity (Wildman–Crippen MR) is 134 cm³/mol. The molecule has 0 saturated carbocycles. The average molecular weight is 485 g/mol. The number of likely N-dealkylation sites (tertiary alicyclic amines) is 1. The first-order valence-corrected chi connectivity index (χ1v) is 14.6. The Morgan fingerprint density at radius 1 is 1.21 bits per heavy atom. The zero-order valence-corrected chi connectivity index (χ0v) is 22.2. The van der Waals surface area contributed by atoms with E-state index in [0.29, 0.717) is 24.1 Å². The maximum Gasteiger partial charge on any atom is 0.412 e. The molecule has 0 aromatic heterocycles. The minimum Gasteiger partial charge on any atom is -0.445 e. The van der Waals surface area contributed by atoms with Crippen LogP contribution in [0.25, 0.3) is 0 Å². The lowest BCUT2D eigenvalue weighted by molar-refractivity contribution is -0.0224. The molecule has 1 aromatic rings. The highest BCUT2D eigenvalue weighted by atomic mass is 28.3. The van der Waals surface area contributed by atoms with E-state index in [4.69, 9.17) is 9.16 Å². The summed E-state index contributed by atoms with van der Waals surface area (Å²) in [6.07, 6.45) is 3.56. The summed E-state index contributed by atoms with van der Waals surface area (Å²) in [4.78, 5) is 41.7. The third-order valence-corrected chi connectivity index (χ3v) is 7.50. The Labute approximate surface area is 204 Å². The van der Waals surface area contributed by atoms with Crippen LogP contribution in [0.15, 0.2) is 48.6 Å². The van der Waals surface area contributed by atoms with Crippen LogP contribution in [0.4, 0.5) is 4.79 Å². The van der Waals surface area contributed by atoms with Gasteiger partial charge in [0, 0.05) is 19.5 Å². The number of benzene rings is 1. The highest BCUT2D eigenvalue weighted by Crippen LogP contribution is 2.47. The molecular weight excluding hydrogens is 448 g/mol. The van der Waals surface area contributed by atoms with Gasteiger partial charge >= 0.3 is 6.09 Å². The van der Waals surface area contributed by atoms with Crippen LogP contribution in [0, 0.1) is 11.3 Å². The van der Waals surface area contributed by atoms with Crippen LogP contribution in [-0.4, -0.2) is 62.2 Å². The topological polar surface area (TPSA) is 76.2 Å². The van der Waals surface area contributed by atoms with Gasteiger partial charge in [-0.05, 0) is 49.1 Å². The SMILES string of the molecule is C=CCOC(=O)N1C[C@@H](C(C)(C)C)C[C@]1(O[SiH](C)C)C(C)=CCN1C(=O)c2ccccc2C1=O. The highest BCUT2D eigenvalue weighted by molar-refractivity contribution is 6.48. The average Bonchev–Trinajstić information content (AvgIpc) is 3.27. The van der Waals surface area contributed by atoms with Crippen LogP contribution in [0.1, 0.15) is 54.8 Å². The van der Waals surface area contributed by atoms with Crippen LogP contribution >= 0.6 is 0 Å². The molecule has 1 saturated heterocycles. The first-order valence-electron chi connectivity index (χ1n) is 11.8. The molecular formula is C26H36N2O5Si. The number of hydrogen-bond donors (Lipinski definition) is 0. The van der Waals surface area contributed by atoms with Gasteiger partial charge in [-0.2, -0.15) is 0 Å². The minimum absolute atomic E-state index is 0.0522. The molecule has 2 heterocycles. The molecule has 34 heavy (non-hydrogen) atoms. The van der Waals surface area contributed by atoms with Crippen molar-refractivity contribution in [3.05, 3.63) is 59.7 Å². The summed E-state index contributed by atoms with van der Waals surface area (Å²) in [6.45, 7) is 16.9. The monoisotopic (exact) mass is 484 g/mol. The van der Waals surface area contributed by atoms with E-state index in [-0.39, 0.29) is 36.3 Å². The molecule has 0 bridgehead atoms. The summed E-state index contributed by atoms with van der Waals surface area (Å²) in [6, 6.07) is 6.85. The Hall–Kier alpha value is -2.71. The number of rotatable bonds is 7. The number of carbonyl (C=O) groups is 3. The van der Waals surface area contributed by atoms with Crippen LogP contribution in [0.3, 0.4) is 0 Å². The van der Waals surface area contributed by atoms with Crippen molar-refractivity contribution in [2.24, 2.45) is 11.3 Å². The summed E-state index contributed by atoms with van der Waals surface area (Å²) in [5.41, 5.74) is 0.607. The van der Waals surface area contributed by atoms with E-state index in [1.807, 2.05) is 13.0 Å². The van der Waals surface area contributed by atoms with E-state index < -0.39 is 20.9 Å². The molecule has 0 spiro atoms. The molecule has 0 N–H and O–H groups in total. The summed E-state index contributed by atoms with van der Waals surface area (Å²) in [7, 11) is -1.62. The lowest BCUT2D eigenvalue weighted by atomic mass is 9.78. The molecule has 2 atom stereocenters. The van der Waals surface area contributed by atoms with Gasteiger partial charge in [-0.1, -0.05) is 51.6 Å². The van der Waals surface area contributed by atoms with Crippen molar-refractivity contribution in [2.75, 3.05) is 19.7 Å². The Morgan fingerprint density at radius 2 is 1.79 bits per heavy atom. The molecule has 2 aliphatic rings. The maximum absolute atomic E-state index is 13.1. The van der Waals surface area contributed by atoms with Crippen molar-refractivity contribution in [1.29, 1.82) is 0 Å². The molecule has 1 aromatic carbocycles. The van der Waals surface area contributed by atoms with Gasteiger partial charge in [0.2, 0.25) is 0 Å². The molecule has 0 aliphatic carbocycles. The molecule has 3 rings (SSSR count). The Morgan fingerprint density at radius 3 is 2.29 bits per heavy atom. The third-order valence-electron chi connectivity index (χ3n) is 6.64. The number of ether oxygens (including phenoxy) is 1. The van der Waals surface area contributed by atoms with Crippen molar-refractivity contribution < 1.29 is 23.5 Å².